The lowest BCUT2D eigenvalue weighted by molar-refractivity contribution is 0.302. The summed E-state index contributed by atoms with van der Waals surface area (Å²) in [5, 5.41) is 9.93. The normalized spacial score (nSPS) is 12.0. The zero-order valence-corrected chi connectivity index (χ0v) is 16.4. The third-order valence-electron chi connectivity index (χ3n) is 4.47. The Hall–Kier alpha value is -2.92. The van der Waals surface area contributed by atoms with Gasteiger partial charge in [0.2, 0.25) is 0 Å². The third-order valence-corrected chi connectivity index (χ3v) is 5.81. The molecule has 2 aromatic heterocycles. The van der Waals surface area contributed by atoms with Gasteiger partial charge in [-0.15, -0.1) is 0 Å². The van der Waals surface area contributed by atoms with Gasteiger partial charge in [0.05, 0.1) is 12.9 Å². The van der Waals surface area contributed by atoms with Crippen molar-refractivity contribution in [1.29, 1.82) is 0 Å². The van der Waals surface area contributed by atoms with Crippen molar-refractivity contribution in [3.8, 4) is 5.75 Å². The number of aromatic nitrogens is 4. The van der Waals surface area contributed by atoms with E-state index in [4.69, 9.17) is 4.18 Å². The summed E-state index contributed by atoms with van der Waals surface area (Å²) < 4.78 is 33.3. The van der Waals surface area contributed by atoms with E-state index in [1.54, 1.807) is 17.6 Å². The molecule has 2 heterocycles. The van der Waals surface area contributed by atoms with Crippen LogP contribution in [0.15, 0.2) is 39.0 Å². The van der Waals surface area contributed by atoms with E-state index in [0.717, 1.165) is 4.57 Å². The summed E-state index contributed by atoms with van der Waals surface area (Å²) in [7, 11) is -1.21. The molecule has 0 aliphatic rings. The number of phenolic OH excluding ortho intramolecular Hbond substituents is 1. The Kier molecular flexibility index (Phi) is 5.13. The minimum absolute atomic E-state index is 0.151. The van der Waals surface area contributed by atoms with Gasteiger partial charge in [-0.25, -0.2) is 9.78 Å². The number of rotatable bonds is 6. The van der Waals surface area contributed by atoms with Crippen LogP contribution < -0.4 is 11.2 Å². The van der Waals surface area contributed by atoms with Crippen LogP contribution in [0.4, 0.5) is 0 Å². The number of benzene rings is 1. The zero-order valence-electron chi connectivity index (χ0n) is 15.6. The molecule has 0 unspecified atom stereocenters. The smallest absolute Gasteiger partial charge is 0.332 e. The summed E-state index contributed by atoms with van der Waals surface area (Å²) in [6.45, 7) is 1.70. The SMILES string of the molecule is Cc1cccc(S(=O)(=O)OCCCn2cnc3c2c(=O)n(C)c(=O)n3C)c1O. The van der Waals surface area contributed by atoms with E-state index in [2.05, 4.69) is 4.98 Å². The van der Waals surface area contributed by atoms with Crippen LogP contribution in [0.5, 0.6) is 5.75 Å². The van der Waals surface area contributed by atoms with Crippen molar-refractivity contribution in [3.63, 3.8) is 0 Å². The molecule has 3 rings (SSSR count). The second-order valence-corrected chi connectivity index (χ2v) is 7.95. The molecule has 10 nitrogen and oxygen atoms in total. The van der Waals surface area contributed by atoms with Crippen LogP contribution >= 0.6 is 0 Å². The van der Waals surface area contributed by atoms with Crippen molar-refractivity contribution in [2.24, 2.45) is 14.1 Å². The first kappa shape index (κ1) is 19.8. The standard InChI is InChI=1S/C17H20N4O6S/c1-11-6-4-7-12(14(11)22)28(25,26)27-9-5-8-21-10-18-15-13(21)16(23)20(3)17(24)19(15)2/h4,6-7,10,22H,5,8-9H2,1-3H3. The van der Waals surface area contributed by atoms with Gasteiger partial charge in [-0.1, -0.05) is 12.1 Å². The van der Waals surface area contributed by atoms with E-state index in [1.165, 1.54) is 37.1 Å². The number of imidazole rings is 1. The van der Waals surface area contributed by atoms with Gasteiger partial charge < -0.3 is 9.67 Å². The second-order valence-electron chi connectivity index (χ2n) is 6.37. The maximum absolute atomic E-state index is 12.4. The number of nitrogens with zero attached hydrogens (tertiary/aromatic N) is 4. The number of phenols is 1. The summed E-state index contributed by atoms with van der Waals surface area (Å²) in [6, 6.07) is 4.38. The van der Waals surface area contributed by atoms with E-state index in [0.29, 0.717) is 5.56 Å². The first-order chi connectivity index (χ1) is 13.1. The lowest BCUT2D eigenvalue weighted by Crippen LogP contribution is -2.37. The maximum Gasteiger partial charge on any atom is 0.332 e. The molecule has 0 spiro atoms. The average molecular weight is 408 g/mol. The van der Waals surface area contributed by atoms with Gasteiger partial charge in [0, 0.05) is 20.6 Å². The van der Waals surface area contributed by atoms with Crippen LogP contribution in [0.2, 0.25) is 0 Å². The topological polar surface area (TPSA) is 125 Å². The van der Waals surface area contributed by atoms with Gasteiger partial charge in [0.1, 0.15) is 10.6 Å². The number of hydrogen-bond donors (Lipinski definition) is 1. The molecule has 11 heteroatoms. The zero-order chi connectivity index (χ0) is 20.6. The van der Waals surface area contributed by atoms with E-state index in [1.807, 2.05) is 0 Å². The van der Waals surface area contributed by atoms with Gasteiger partial charge in [0.15, 0.2) is 11.2 Å². The monoisotopic (exact) mass is 408 g/mol. The largest absolute Gasteiger partial charge is 0.506 e. The maximum atomic E-state index is 12.4. The van der Waals surface area contributed by atoms with Crippen LogP contribution in [0.25, 0.3) is 11.2 Å². The van der Waals surface area contributed by atoms with Gasteiger partial charge in [-0.2, -0.15) is 8.42 Å². The Morgan fingerprint density at radius 2 is 1.89 bits per heavy atom. The molecule has 3 aromatic rings. The van der Waals surface area contributed by atoms with Crippen molar-refractivity contribution in [1.82, 2.24) is 18.7 Å². The molecular formula is C17H20N4O6S. The highest BCUT2D eigenvalue weighted by atomic mass is 32.2. The molecule has 0 aliphatic carbocycles. The summed E-state index contributed by atoms with van der Waals surface area (Å²) in [5.41, 5.74) is -0.0184. The number of fused-ring (bicyclic) bond motifs is 1. The Bertz CT molecular complexity index is 1270. The highest BCUT2D eigenvalue weighted by molar-refractivity contribution is 7.86. The highest BCUT2D eigenvalue weighted by Crippen LogP contribution is 2.27. The summed E-state index contributed by atoms with van der Waals surface area (Å²) in [5.74, 6) is -0.340. The predicted octanol–water partition coefficient (Wildman–Crippen LogP) is 0.243. The molecule has 0 fully saturated rings. The fourth-order valence-electron chi connectivity index (χ4n) is 2.87. The molecule has 150 valence electrons. The molecule has 0 bridgehead atoms. The van der Waals surface area contributed by atoms with Gasteiger partial charge >= 0.3 is 15.8 Å². The highest BCUT2D eigenvalue weighted by Gasteiger charge is 2.21. The van der Waals surface area contributed by atoms with Crippen LogP contribution in [0, 0.1) is 6.92 Å². The lowest BCUT2D eigenvalue weighted by Gasteiger charge is -2.09. The minimum atomic E-state index is -4.11. The van der Waals surface area contributed by atoms with Gasteiger partial charge in [0.25, 0.3) is 5.56 Å². The van der Waals surface area contributed by atoms with Crippen LogP contribution in [0.3, 0.4) is 0 Å². The Morgan fingerprint density at radius 3 is 2.61 bits per heavy atom. The Labute approximate surface area is 160 Å². The van der Waals surface area contributed by atoms with Crippen molar-refractivity contribution in [2.45, 2.75) is 24.8 Å². The molecule has 1 aromatic carbocycles. The molecule has 28 heavy (non-hydrogen) atoms. The molecule has 0 radical (unpaired) electrons. The molecule has 0 amide bonds. The van der Waals surface area contributed by atoms with Crippen molar-refractivity contribution in [3.05, 3.63) is 50.9 Å². The van der Waals surface area contributed by atoms with Crippen molar-refractivity contribution in [2.75, 3.05) is 6.61 Å². The van der Waals surface area contributed by atoms with E-state index in [9.17, 15) is 23.1 Å². The quantitative estimate of drug-likeness (QED) is 0.457. The summed E-state index contributed by atoms with van der Waals surface area (Å²) in [6.07, 6.45) is 1.69. The number of aromatic hydroxyl groups is 1. The first-order valence-electron chi connectivity index (χ1n) is 8.44. The van der Waals surface area contributed by atoms with E-state index < -0.39 is 21.4 Å². The molecule has 0 aliphatic heterocycles. The summed E-state index contributed by atoms with van der Waals surface area (Å²) in [4.78, 5) is 28.1. The minimum Gasteiger partial charge on any atom is -0.506 e. The second kappa shape index (κ2) is 7.24. The number of hydrogen-bond acceptors (Lipinski definition) is 7. The molecule has 0 atom stereocenters. The average Bonchev–Trinajstić information content (AvgIpc) is 3.08. The lowest BCUT2D eigenvalue weighted by atomic mass is 10.2. The predicted molar refractivity (Wildman–Crippen MR) is 101 cm³/mol. The van der Waals surface area contributed by atoms with Crippen molar-refractivity contribution < 1.29 is 17.7 Å². The van der Waals surface area contributed by atoms with Crippen LogP contribution in [-0.2, 0) is 34.9 Å². The van der Waals surface area contributed by atoms with Crippen LogP contribution in [-0.4, -0.2) is 38.8 Å². The van der Waals surface area contributed by atoms with Gasteiger partial charge in [-0.3, -0.25) is 18.1 Å². The fourth-order valence-corrected chi connectivity index (χ4v) is 3.97. The van der Waals surface area contributed by atoms with Crippen LogP contribution in [0.1, 0.15) is 12.0 Å². The molecule has 0 saturated carbocycles. The Balaban J connectivity index is 1.75. The fraction of sp³-hybridized carbons (Fsp3) is 0.353. The third kappa shape index (κ3) is 3.34. The van der Waals surface area contributed by atoms with Gasteiger partial charge in [-0.05, 0) is 25.0 Å². The summed E-state index contributed by atoms with van der Waals surface area (Å²) >= 11 is 0. The molecule has 1 N–H and O–H groups in total. The number of para-hydroxylation sites is 1. The first-order valence-corrected chi connectivity index (χ1v) is 9.85. The van der Waals surface area contributed by atoms with Crippen molar-refractivity contribution >= 4 is 21.3 Å². The number of aryl methyl sites for hydroxylation is 3. The molecular weight excluding hydrogens is 388 g/mol. The van der Waals surface area contributed by atoms with E-state index >= 15 is 0 Å². The Morgan fingerprint density at radius 1 is 1.18 bits per heavy atom. The molecule has 0 saturated heterocycles. The van der Waals surface area contributed by atoms with E-state index in [-0.39, 0.29) is 41.4 Å².